The molecule has 0 atom stereocenters. The fourth-order valence-corrected chi connectivity index (χ4v) is 3.06. The predicted molar refractivity (Wildman–Crippen MR) is 88.7 cm³/mol. The van der Waals surface area contributed by atoms with Gasteiger partial charge < -0.3 is 0 Å². The standard InChI is InChI=1S/C16H15N3S2/c20-16-18-19(12-14-9-5-2-6-10-14)15(21-16)17-11-13-7-3-1-4-8-13/h1-10H,11-12H2,(H,18,20). The Balaban J connectivity index is 1.87. The van der Waals surface area contributed by atoms with E-state index in [9.17, 15) is 0 Å². The topological polar surface area (TPSA) is 33.1 Å². The highest BCUT2D eigenvalue weighted by atomic mass is 32.1. The van der Waals surface area contributed by atoms with Gasteiger partial charge in [-0.15, -0.1) is 0 Å². The Kier molecular flexibility index (Phi) is 4.43. The first-order chi connectivity index (χ1) is 10.3. The second-order valence-corrected chi connectivity index (χ2v) is 6.30. The first kappa shape index (κ1) is 14.0. The number of benzene rings is 2. The molecule has 0 aliphatic rings. The zero-order valence-corrected chi connectivity index (χ0v) is 13.0. The molecule has 0 saturated carbocycles. The number of hydrogen-bond acceptors (Lipinski definition) is 3. The van der Waals surface area contributed by atoms with E-state index in [1.807, 2.05) is 41.1 Å². The molecule has 0 unspecified atom stereocenters. The second-order valence-electron chi connectivity index (χ2n) is 4.66. The monoisotopic (exact) mass is 313 g/mol. The van der Waals surface area contributed by atoms with Crippen LogP contribution in [0.1, 0.15) is 11.1 Å². The highest BCUT2D eigenvalue weighted by molar-refractivity contribution is 7.73. The largest absolute Gasteiger partial charge is 0.277 e. The van der Waals surface area contributed by atoms with Gasteiger partial charge in [0.1, 0.15) is 0 Å². The van der Waals surface area contributed by atoms with Gasteiger partial charge in [0.2, 0.25) is 4.80 Å². The lowest BCUT2D eigenvalue weighted by molar-refractivity contribution is 0.645. The molecule has 0 bridgehead atoms. The molecule has 0 radical (unpaired) electrons. The van der Waals surface area contributed by atoms with E-state index in [1.165, 1.54) is 22.5 Å². The minimum atomic E-state index is 0.665. The highest BCUT2D eigenvalue weighted by Crippen LogP contribution is 2.03. The molecule has 3 rings (SSSR count). The van der Waals surface area contributed by atoms with Crippen molar-refractivity contribution in [2.24, 2.45) is 4.99 Å². The van der Waals surface area contributed by atoms with Crippen molar-refractivity contribution in [1.29, 1.82) is 0 Å². The summed E-state index contributed by atoms with van der Waals surface area (Å²) in [6, 6.07) is 20.5. The molecule has 5 heteroatoms. The van der Waals surface area contributed by atoms with E-state index < -0.39 is 0 Å². The van der Waals surface area contributed by atoms with Crippen molar-refractivity contribution < 1.29 is 0 Å². The summed E-state index contributed by atoms with van der Waals surface area (Å²) >= 11 is 6.76. The quantitative estimate of drug-likeness (QED) is 0.731. The molecule has 3 nitrogen and oxygen atoms in total. The summed E-state index contributed by atoms with van der Waals surface area (Å²) in [6.45, 7) is 1.42. The van der Waals surface area contributed by atoms with Gasteiger partial charge in [0.15, 0.2) is 3.95 Å². The number of aromatic amines is 1. The van der Waals surface area contributed by atoms with E-state index in [1.54, 1.807) is 0 Å². The maximum atomic E-state index is 5.25. The van der Waals surface area contributed by atoms with Gasteiger partial charge in [-0.05, 0) is 23.3 Å². The third-order valence-corrected chi connectivity index (χ3v) is 4.21. The first-order valence-electron chi connectivity index (χ1n) is 6.69. The minimum absolute atomic E-state index is 0.665. The van der Waals surface area contributed by atoms with Gasteiger partial charge in [0, 0.05) is 0 Å². The SMILES string of the molecule is S=c1[nH]n(Cc2ccccc2)c(=NCc2ccccc2)s1. The number of hydrogen-bond donors (Lipinski definition) is 1. The molecule has 0 spiro atoms. The summed E-state index contributed by atoms with van der Waals surface area (Å²) in [6.07, 6.45) is 0. The molecular weight excluding hydrogens is 298 g/mol. The molecule has 0 aliphatic heterocycles. The molecule has 3 aromatic rings. The third-order valence-electron chi connectivity index (χ3n) is 3.06. The molecule has 1 heterocycles. The summed E-state index contributed by atoms with van der Waals surface area (Å²) in [7, 11) is 0. The molecule has 0 saturated heterocycles. The van der Waals surface area contributed by atoms with Gasteiger partial charge in [0.05, 0.1) is 13.1 Å². The van der Waals surface area contributed by atoms with E-state index in [2.05, 4.69) is 34.4 Å². The Morgan fingerprint density at radius 3 is 2.24 bits per heavy atom. The van der Waals surface area contributed by atoms with Crippen LogP contribution in [-0.4, -0.2) is 9.78 Å². The molecule has 2 aromatic carbocycles. The van der Waals surface area contributed by atoms with Crippen molar-refractivity contribution in [1.82, 2.24) is 9.78 Å². The van der Waals surface area contributed by atoms with Crippen molar-refractivity contribution in [2.75, 3.05) is 0 Å². The molecule has 1 aromatic heterocycles. The van der Waals surface area contributed by atoms with Crippen molar-refractivity contribution in [3.63, 3.8) is 0 Å². The molecular formula is C16H15N3S2. The minimum Gasteiger partial charge on any atom is -0.277 e. The lowest BCUT2D eigenvalue weighted by atomic mass is 10.2. The first-order valence-corrected chi connectivity index (χ1v) is 7.92. The van der Waals surface area contributed by atoms with Crippen molar-refractivity contribution >= 4 is 23.6 Å². The molecule has 0 aliphatic carbocycles. The van der Waals surface area contributed by atoms with Crippen molar-refractivity contribution in [3.05, 3.63) is 80.5 Å². The fourth-order valence-electron chi connectivity index (χ4n) is 2.05. The summed E-state index contributed by atoms with van der Waals surface area (Å²) in [4.78, 5) is 5.60. The third kappa shape index (κ3) is 3.77. The van der Waals surface area contributed by atoms with Crippen LogP contribution in [0.15, 0.2) is 65.7 Å². The molecule has 21 heavy (non-hydrogen) atoms. The maximum Gasteiger partial charge on any atom is 0.202 e. The predicted octanol–water partition coefficient (Wildman–Crippen LogP) is 3.76. The molecule has 0 amide bonds. The molecule has 106 valence electrons. The smallest absolute Gasteiger partial charge is 0.202 e. The average Bonchev–Trinajstić information content (AvgIpc) is 2.87. The number of rotatable bonds is 4. The zero-order chi connectivity index (χ0) is 14.5. The Morgan fingerprint density at radius 1 is 0.952 bits per heavy atom. The zero-order valence-electron chi connectivity index (χ0n) is 11.4. The normalized spacial score (nSPS) is 11.7. The van der Waals surface area contributed by atoms with Crippen LogP contribution >= 0.6 is 23.6 Å². The second kappa shape index (κ2) is 6.65. The number of nitrogens with one attached hydrogen (secondary N) is 1. The van der Waals surface area contributed by atoms with E-state index in [0.717, 1.165) is 15.3 Å². The average molecular weight is 313 g/mol. The lowest BCUT2D eigenvalue weighted by Crippen LogP contribution is -2.17. The van der Waals surface area contributed by atoms with Crippen LogP contribution in [0, 0.1) is 3.95 Å². The number of aromatic nitrogens is 2. The van der Waals surface area contributed by atoms with E-state index in [-0.39, 0.29) is 0 Å². The Labute approximate surface area is 132 Å². The lowest BCUT2D eigenvalue weighted by Gasteiger charge is -2.02. The van der Waals surface area contributed by atoms with E-state index >= 15 is 0 Å². The van der Waals surface area contributed by atoms with Gasteiger partial charge in [-0.2, -0.15) is 0 Å². The summed E-state index contributed by atoms with van der Waals surface area (Å²) in [5.74, 6) is 0. The number of H-pyrrole nitrogens is 1. The van der Waals surface area contributed by atoms with Crippen LogP contribution in [0.25, 0.3) is 0 Å². The summed E-state index contributed by atoms with van der Waals surface area (Å²) < 4.78 is 2.75. The Bertz CT molecular complexity index is 814. The van der Waals surface area contributed by atoms with Crippen LogP contribution in [0.2, 0.25) is 0 Å². The maximum absolute atomic E-state index is 5.25. The van der Waals surface area contributed by atoms with Crippen LogP contribution in [0.3, 0.4) is 0 Å². The van der Waals surface area contributed by atoms with E-state index in [0.29, 0.717) is 6.54 Å². The van der Waals surface area contributed by atoms with Crippen LogP contribution < -0.4 is 4.80 Å². The van der Waals surface area contributed by atoms with Gasteiger partial charge in [-0.1, -0.05) is 72.0 Å². The highest BCUT2D eigenvalue weighted by Gasteiger charge is 1.99. The van der Waals surface area contributed by atoms with Crippen LogP contribution in [0.5, 0.6) is 0 Å². The van der Waals surface area contributed by atoms with Crippen molar-refractivity contribution in [2.45, 2.75) is 13.1 Å². The number of nitrogens with zero attached hydrogens (tertiary/aromatic N) is 2. The molecule has 1 N–H and O–H groups in total. The fraction of sp³-hybridized carbons (Fsp3) is 0.125. The van der Waals surface area contributed by atoms with Gasteiger partial charge in [-0.3, -0.25) is 14.8 Å². The van der Waals surface area contributed by atoms with Gasteiger partial charge in [-0.25, -0.2) is 0 Å². The van der Waals surface area contributed by atoms with Gasteiger partial charge in [0.25, 0.3) is 0 Å². The Morgan fingerprint density at radius 2 is 1.57 bits per heavy atom. The van der Waals surface area contributed by atoms with Crippen molar-refractivity contribution in [3.8, 4) is 0 Å². The van der Waals surface area contributed by atoms with Crippen LogP contribution in [0.4, 0.5) is 0 Å². The van der Waals surface area contributed by atoms with E-state index in [4.69, 9.17) is 12.2 Å². The summed E-state index contributed by atoms with van der Waals surface area (Å²) in [5, 5.41) is 3.19. The van der Waals surface area contributed by atoms with Gasteiger partial charge >= 0.3 is 0 Å². The van der Waals surface area contributed by atoms with Crippen LogP contribution in [-0.2, 0) is 13.1 Å². The molecule has 0 fully saturated rings. The Hall–Kier alpha value is -1.98. The summed E-state index contributed by atoms with van der Waals surface area (Å²) in [5.41, 5.74) is 2.42.